The molecule has 4 aromatic rings. The van der Waals surface area contributed by atoms with Gasteiger partial charge in [0.25, 0.3) is 16.0 Å². The Labute approximate surface area is 662 Å². The molecular formula is C80H129N2O29S+. The molecule has 1 amide bonds. The van der Waals surface area contributed by atoms with Gasteiger partial charge in [-0.1, -0.05) is 27.7 Å². The quantitative estimate of drug-likeness (QED) is 0.00936. The van der Waals surface area contributed by atoms with E-state index in [2.05, 4.69) is 5.32 Å². The molecule has 1 heterocycles. The predicted octanol–water partition coefficient (Wildman–Crippen LogP) is 8.16. The van der Waals surface area contributed by atoms with E-state index in [1.165, 1.54) is 0 Å². The first-order valence-corrected chi connectivity index (χ1v) is 40.7. The topological polar surface area (TPSA) is 353 Å². The van der Waals surface area contributed by atoms with Crippen molar-refractivity contribution in [2.24, 2.45) is 0 Å². The first-order valence-electron chi connectivity index (χ1n) is 39.1. The summed E-state index contributed by atoms with van der Waals surface area (Å²) in [5.74, 6) is -2.07. The van der Waals surface area contributed by atoms with Gasteiger partial charge in [-0.15, -0.1) is 0 Å². The van der Waals surface area contributed by atoms with Gasteiger partial charge in [0.15, 0.2) is 6.54 Å². The van der Waals surface area contributed by atoms with Gasteiger partial charge in [-0.05, 0) is 99.9 Å². The van der Waals surface area contributed by atoms with E-state index in [1.54, 1.807) is 90.8 Å². The van der Waals surface area contributed by atoms with Gasteiger partial charge in [-0.25, -0.2) is 4.79 Å². The summed E-state index contributed by atoms with van der Waals surface area (Å²) in [5.41, 5.74) is 2.13. The first-order chi connectivity index (χ1) is 54.3. The minimum absolute atomic E-state index is 0.00164. The average Bonchev–Trinajstić information content (AvgIpc) is 0.739. The number of esters is 1. The van der Waals surface area contributed by atoms with Gasteiger partial charge in [0.2, 0.25) is 11.0 Å². The van der Waals surface area contributed by atoms with Crippen LogP contribution in [0.2, 0.25) is 0 Å². The summed E-state index contributed by atoms with van der Waals surface area (Å²) in [6.07, 6.45) is 0.558. The smallest absolute Gasteiger partial charge is 0.345 e. The average molecular weight is 1610 g/mol. The van der Waals surface area contributed by atoms with Crippen LogP contribution < -0.4 is 24.1 Å². The number of methoxy groups -OCH3 is 4. The normalized spacial score (nSPS) is 12.0. The number of amides is 1. The zero-order valence-corrected chi connectivity index (χ0v) is 68.7. The van der Waals surface area contributed by atoms with Gasteiger partial charge in [0.1, 0.15) is 59.7 Å². The molecular weight excluding hydrogens is 1480 g/mol. The largest absolute Gasteiger partial charge is 0.486 e. The van der Waals surface area contributed by atoms with Crippen molar-refractivity contribution in [2.75, 3.05) is 226 Å². The third-order valence-electron chi connectivity index (χ3n) is 16.7. The van der Waals surface area contributed by atoms with Crippen molar-refractivity contribution in [3.05, 3.63) is 70.8 Å². The fraction of sp³-hybridized carbons (Fsp3) is 0.713. The number of carbonyl (C=O) groups excluding carboxylic acids is 3. The maximum Gasteiger partial charge on any atom is 0.345 e. The summed E-state index contributed by atoms with van der Waals surface area (Å²) in [6.45, 7) is 18.7. The van der Waals surface area contributed by atoms with Crippen LogP contribution in [0.1, 0.15) is 124 Å². The lowest BCUT2D eigenvalue weighted by Crippen LogP contribution is -2.38. The van der Waals surface area contributed by atoms with Gasteiger partial charge in [0, 0.05) is 111 Å². The van der Waals surface area contributed by atoms with E-state index in [9.17, 15) is 27.4 Å². The Balaban J connectivity index is 1.94. The van der Waals surface area contributed by atoms with E-state index in [0.29, 0.717) is 112 Å². The van der Waals surface area contributed by atoms with Crippen LogP contribution in [0, 0.1) is 13.8 Å². The number of aryl methyl sites for hydroxylation is 3. The van der Waals surface area contributed by atoms with Crippen LogP contribution in [0.5, 0.6) is 17.2 Å². The molecule has 32 heteroatoms. The number of benzene rings is 3. The molecule has 31 nitrogen and oxygen atoms in total. The number of nitrogens with one attached hydrogen (secondary N) is 1. The number of ether oxygens (including phenoxy) is 21. The molecule has 0 saturated carbocycles. The van der Waals surface area contributed by atoms with Gasteiger partial charge in [0.05, 0.1) is 174 Å². The molecule has 638 valence electrons. The minimum Gasteiger partial charge on any atom is -0.486 e. The van der Waals surface area contributed by atoms with Crippen molar-refractivity contribution in [1.82, 2.24) is 5.32 Å². The van der Waals surface area contributed by atoms with E-state index < -0.39 is 70.3 Å². The van der Waals surface area contributed by atoms with Gasteiger partial charge in [-0.3, -0.25) is 18.9 Å². The highest BCUT2D eigenvalue weighted by atomic mass is 32.2. The standard InChI is InChI=1S/C80H128N2O29S/c1-11-27-97-48-66(49-98-28-12-2)105-56-70(57-106-67(50-99-29-13-3)51-100-30-14-4)109-64-21-23-74-72(46-64)77(80(87)111-78-60(5)44-62(45-61(78)6)79(86)81-25-32-96-42-41-95-31-16-19-63(83)18-15-20-76(84)85)73-47-65(22-24-75(73)82(74)26-17-43-112(88,89)90)110-71(58-107-68(52-101-37-33-91-7)53-102-38-34-92-8)59-108-69(54-103-39-35-93-9)55-104-40-36-94-10/h21-24,44-47,66-71H,11-20,25-43,48-59H2,1-10H3,(H2-,81,84,85,86,88,89,90)/p+1. The van der Waals surface area contributed by atoms with Crippen LogP contribution in [-0.4, -0.2) is 304 Å². The first kappa shape index (κ1) is 98.6. The second-order valence-electron chi connectivity index (χ2n) is 26.6. The molecule has 4 rings (SSSR count). The molecule has 0 saturated heterocycles. The number of carboxylic acid groups (broad SMARTS) is 1. The van der Waals surface area contributed by atoms with Crippen LogP contribution in [0.15, 0.2) is 48.5 Å². The molecule has 0 spiro atoms. The van der Waals surface area contributed by atoms with Crippen molar-refractivity contribution >= 4 is 55.6 Å². The lowest BCUT2D eigenvalue weighted by Gasteiger charge is -2.26. The van der Waals surface area contributed by atoms with Gasteiger partial charge >= 0.3 is 11.9 Å². The molecule has 3 N–H and O–H groups in total. The maximum atomic E-state index is 16.0. The number of carboxylic acids is 1. The zero-order chi connectivity index (χ0) is 81.4. The lowest BCUT2D eigenvalue weighted by molar-refractivity contribution is -0.645. The molecule has 0 fully saturated rings. The van der Waals surface area contributed by atoms with Crippen LogP contribution >= 0.6 is 0 Å². The predicted molar refractivity (Wildman–Crippen MR) is 416 cm³/mol. The number of rotatable bonds is 73. The van der Waals surface area contributed by atoms with E-state index >= 15 is 4.79 Å². The van der Waals surface area contributed by atoms with E-state index in [4.69, 9.17) is 105 Å². The highest BCUT2D eigenvalue weighted by molar-refractivity contribution is 7.85. The van der Waals surface area contributed by atoms with Crippen molar-refractivity contribution in [2.45, 2.75) is 149 Å². The molecule has 0 unspecified atom stereocenters. The Morgan fingerprint density at radius 3 is 1.19 bits per heavy atom. The summed E-state index contributed by atoms with van der Waals surface area (Å²) >= 11 is 0. The Morgan fingerprint density at radius 2 is 0.812 bits per heavy atom. The number of aromatic nitrogens is 1. The van der Waals surface area contributed by atoms with Crippen molar-refractivity contribution in [3.8, 4) is 17.2 Å². The fourth-order valence-corrected chi connectivity index (χ4v) is 11.7. The number of ketones is 1. The van der Waals surface area contributed by atoms with E-state index in [1.807, 2.05) is 32.3 Å². The van der Waals surface area contributed by atoms with Crippen molar-refractivity contribution in [1.29, 1.82) is 0 Å². The third-order valence-corrected chi connectivity index (χ3v) is 17.5. The number of fused-ring (bicyclic) bond motifs is 2. The summed E-state index contributed by atoms with van der Waals surface area (Å²) in [4.78, 5) is 52.6. The molecule has 1 aromatic heterocycles. The Kier molecular flexibility index (Phi) is 53.4. The second-order valence-corrected chi connectivity index (χ2v) is 28.2. The molecule has 0 aliphatic heterocycles. The second kappa shape index (κ2) is 60.7. The number of hydrogen-bond donors (Lipinski definition) is 3. The van der Waals surface area contributed by atoms with Crippen LogP contribution in [0.3, 0.4) is 0 Å². The van der Waals surface area contributed by atoms with Gasteiger partial charge < -0.3 is 110 Å². The van der Waals surface area contributed by atoms with Crippen LogP contribution in [0.4, 0.5) is 0 Å². The Hall–Kier alpha value is -5.80. The number of carbonyl (C=O) groups is 4. The van der Waals surface area contributed by atoms with Crippen molar-refractivity contribution in [3.63, 3.8) is 0 Å². The number of aliphatic carboxylic acids is 1. The highest BCUT2D eigenvalue weighted by Gasteiger charge is 2.31. The Morgan fingerprint density at radius 1 is 0.438 bits per heavy atom. The van der Waals surface area contributed by atoms with E-state index in [-0.39, 0.29) is 192 Å². The summed E-state index contributed by atoms with van der Waals surface area (Å²) in [7, 11) is 1.86. The monoisotopic (exact) mass is 1610 g/mol. The zero-order valence-electron chi connectivity index (χ0n) is 67.8. The lowest BCUT2D eigenvalue weighted by atomic mass is 10.0. The van der Waals surface area contributed by atoms with Crippen LogP contribution in [0.25, 0.3) is 21.8 Å². The van der Waals surface area contributed by atoms with Gasteiger partial charge in [-0.2, -0.15) is 13.0 Å². The molecule has 112 heavy (non-hydrogen) atoms. The number of pyridine rings is 1. The third kappa shape index (κ3) is 42.2. The highest BCUT2D eigenvalue weighted by Crippen LogP contribution is 2.34. The number of Topliss-reactive ketones (excluding diaryl/α,β-unsaturated/α-hetero) is 1. The fourth-order valence-electron chi connectivity index (χ4n) is 11.2. The molecule has 0 atom stereocenters. The summed E-state index contributed by atoms with van der Waals surface area (Å²) in [6, 6.07) is 13.6. The number of nitrogens with zero attached hydrogens (tertiary/aromatic N) is 1. The van der Waals surface area contributed by atoms with E-state index in [0.717, 1.165) is 25.7 Å². The summed E-state index contributed by atoms with van der Waals surface area (Å²) in [5, 5.41) is 12.3. The molecule has 0 radical (unpaired) electrons. The molecule has 3 aromatic carbocycles. The summed E-state index contributed by atoms with van der Waals surface area (Å²) < 4.78 is 164. The van der Waals surface area contributed by atoms with Crippen LogP contribution in [-0.2, 0) is 112 Å². The number of hydrogen-bond acceptors (Lipinski definition) is 27. The Bertz CT molecular complexity index is 3200. The SMILES string of the molecule is CCCOCC(COCCC)OCC(COC(COCCC)COCCC)Oc1ccc2c(c1)c(C(=O)Oc1c(C)cc(C(=O)NCCOCCOCCCC(=O)CCCC(=O)O)cc1C)c1cc(OC(COC(COCCOC)COCCOC)COC(COCCOC)COCCOC)ccc1[n+]2CCCS(=O)(=O)O. The molecule has 0 aliphatic carbocycles. The maximum absolute atomic E-state index is 16.0. The van der Waals surface area contributed by atoms with Crippen molar-refractivity contribution < 1.29 is 141 Å². The molecule has 0 bridgehead atoms. The minimum atomic E-state index is -4.45. The molecule has 0 aliphatic rings.